The molecule has 0 aromatic heterocycles. The van der Waals surface area contributed by atoms with Crippen LogP contribution in [-0.2, 0) is 15.6 Å². The number of anilines is 1. The maximum Gasteiger partial charge on any atom is 0.209 e. The molecule has 5 nitrogen and oxygen atoms in total. The van der Waals surface area contributed by atoms with Crippen LogP contribution in [0.4, 0.5) is 11.4 Å². The van der Waals surface area contributed by atoms with Gasteiger partial charge in [0.25, 0.3) is 0 Å². The highest BCUT2D eigenvalue weighted by molar-refractivity contribution is 9.10. The molecule has 56 heavy (non-hydrogen) atoms. The Bertz CT molecular complexity index is 2060. The van der Waals surface area contributed by atoms with E-state index in [1.165, 1.54) is 49.7 Å². The molecule has 0 radical (unpaired) electrons. The van der Waals surface area contributed by atoms with Gasteiger partial charge in [0.15, 0.2) is 11.5 Å². The Labute approximate surface area is 354 Å². The number of nitriles is 1. The molecule has 0 N–H and O–H groups in total. The second-order valence-electron chi connectivity index (χ2n) is 18.5. The lowest BCUT2D eigenvalue weighted by Crippen LogP contribution is -2.33. The zero-order valence-electron chi connectivity index (χ0n) is 35.5. The van der Waals surface area contributed by atoms with Crippen LogP contribution >= 0.6 is 31.9 Å². The molecule has 2 unspecified atom stereocenters. The summed E-state index contributed by atoms with van der Waals surface area (Å²) in [6, 6.07) is 15.1. The van der Waals surface area contributed by atoms with E-state index in [9.17, 15) is 15.5 Å². The van der Waals surface area contributed by atoms with Crippen molar-refractivity contribution in [3.05, 3.63) is 102 Å². The predicted molar refractivity (Wildman–Crippen MR) is 242 cm³/mol. The molecule has 5 rings (SSSR count). The number of benzene rings is 2. The summed E-state index contributed by atoms with van der Waals surface area (Å²) < 4.78 is 4.41. The maximum atomic E-state index is 14.6. The van der Waals surface area contributed by atoms with E-state index in [4.69, 9.17) is 0 Å². The van der Waals surface area contributed by atoms with Crippen molar-refractivity contribution in [1.82, 2.24) is 0 Å². The number of fused-ring (bicyclic) bond motifs is 2. The van der Waals surface area contributed by atoms with Crippen molar-refractivity contribution in [2.24, 2.45) is 23.7 Å². The molecular weight excluding hydrogens is 820 g/mol. The topological polar surface area (TPSA) is 69.4 Å². The summed E-state index contributed by atoms with van der Waals surface area (Å²) in [5, 5.41) is 20.6. The van der Waals surface area contributed by atoms with Crippen LogP contribution in [-0.4, -0.2) is 35.0 Å². The van der Waals surface area contributed by atoms with Crippen molar-refractivity contribution < 1.29 is 9.37 Å². The third-order valence-corrected chi connectivity index (χ3v) is 13.4. The quantitative estimate of drug-likeness (QED) is 0.0688. The highest BCUT2D eigenvalue weighted by Gasteiger charge is 2.48. The zero-order chi connectivity index (χ0) is 41.1. The maximum absolute atomic E-state index is 14.6. The average Bonchev–Trinajstić information content (AvgIpc) is 3.47. The number of carbonyl (C=O) groups is 1. The van der Waals surface area contributed by atoms with E-state index in [1.54, 1.807) is 0 Å². The molecule has 0 saturated carbocycles. The van der Waals surface area contributed by atoms with Crippen molar-refractivity contribution in [2.45, 2.75) is 131 Å². The Morgan fingerprint density at radius 1 is 0.821 bits per heavy atom. The van der Waals surface area contributed by atoms with E-state index in [-0.39, 0.29) is 11.4 Å². The van der Waals surface area contributed by atoms with E-state index in [1.807, 2.05) is 12.2 Å². The molecule has 298 valence electrons. The van der Waals surface area contributed by atoms with E-state index >= 15 is 0 Å². The van der Waals surface area contributed by atoms with E-state index in [0.29, 0.717) is 40.4 Å². The van der Waals surface area contributed by atoms with Crippen LogP contribution in [0.5, 0.6) is 0 Å². The van der Waals surface area contributed by atoms with Crippen LogP contribution in [0, 0.1) is 35.0 Å². The van der Waals surface area contributed by atoms with Crippen molar-refractivity contribution in [2.75, 3.05) is 18.0 Å². The molecule has 0 bridgehead atoms. The van der Waals surface area contributed by atoms with Crippen LogP contribution in [0.2, 0.25) is 0 Å². The summed E-state index contributed by atoms with van der Waals surface area (Å²) >= 11 is 7.42. The molecule has 2 atom stereocenters. The number of rotatable bonds is 17. The zero-order valence-corrected chi connectivity index (χ0v) is 38.6. The number of halogens is 2. The Hall–Kier alpha value is -3.30. The Kier molecular flexibility index (Phi) is 14.2. The van der Waals surface area contributed by atoms with Crippen LogP contribution in [0.3, 0.4) is 0 Å². The second kappa shape index (κ2) is 18.1. The molecule has 2 aromatic carbocycles. The van der Waals surface area contributed by atoms with Crippen LogP contribution < -0.4 is 4.90 Å². The van der Waals surface area contributed by atoms with E-state index in [0.717, 1.165) is 57.7 Å². The third kappa shape index (κ3) is 9.20. The smallest absolute Gasteiger partial charge is 0.209 e. The summed E-state index contributed by atoms with van der Waals surface area (Å²) in [4.78, 5) is 17.0. The van der Waals surface area contributed by atoms with Gasteiger partial charge < -0.3 is 10.3 Å². The molecule has 3 aliphatic rings. The molecule has 2 heterocycles. The fourth-order valence-electron chi connectivity index (χ4n) is 8.84. The van der Waals surface area contributed by atoms with Crippen molar-refractivity contribution in [1.29, 1.82) is 5.26 Å². The minimum Gasteiger partial charge on any atom is -0.762 e. The molecule has 2 aromatic rings. The molecule has 0 spiro atoms. The van der Waals surface area contributed by atoms with E-state index in [2.05, 4.69) is 159 Å². The number of ketones is 1. The lowest BCUT2D eigenvalue weighted by Gasteiger charge is -2.31. The van der Waals surface area contributed by atoms with Gasteiger partial charge in [-0.3, -0.25) is 4.79 Å². The van der Waals surface area contributed by atoms with Crippen molar-refractivity contribution in [3.8, 4) is 6.07 Å². The Morgan fingerprint density at radius 2 is 1.41 bits per heavy atom. The van der Waals surface area contributed by atoms with Gasteiger partial charge in [0.05, 0.1) is 11.0 Å². The standard InChI is InChI=1S/C49H62Br2N4O/c1-31(2)13-11-15-33(5)21-23-54-42-19-17-36(50)25-40(42)48(7,8)44(54)27-38-46(35(29-52)30-53)39(47(38)56)28-45-49(9,10)41-26-37(51)18-20-43(41)55(45)24-22-34(6)16-12-14-32(3)4/h17-20,25-28,31-34H,11-16,21-24H2,1-10H3. The number of allylic oxidation sites excluding steroid dienone is 7. The summed E-state index contributed by atoms with van der Waals surface area (Å²) in [5.41, 5.74) is 7.25. The van der Waals surface area contributed by atoms with Gasteiger partial charge in [-0.2, -0.15) is 9.84 Å². The Morgan fingerprint density at radius 3 is 2.00 bits per heavy atom. The van der Waals surface area contributed by atoms with Gasteiger partial charge >= 0.3 is 0 Å². The van der Waals surface area contributed by atoms with Gasteiger partial charge in [0.1, 0.15) is 12.6 Å². The SMILES string of the molecule is CC(C)CCCC(C)CCN1/C(=C/C2=C(C(=C=[N-])C#N)C(=C/C3=[N+](CCC(C)CCCC(C)C)c4ccc(Br)cc4C3(C)C)/C2=O)C(C)(C)c2cc(Br)ccc21. The number of carbonyl (C=O) groups excluding carboxylic acids is 1. The fourth-order valence-corrected chi connectivity index (χ4v) is 9.57. The highest BCUT2D eigenvalue weighted by Crippen LogP contribution is 2.51. The van der Waals surface area contributed by atoms with Gasteiger partial charge in [-0.1, -0.05) is 126 Å². The van der Waals surface area contributed by atoms with Gasteiger partial charge in [0.2, 0.25) is 5.69 Å². The van der Waals surface area contributed by atoms with Gasteiger partial charge in [-0.25, -0.2) is 5.87 Å². The normalized spacial score (nSPS) is 19.4. The van der Waals surface area contributed by atoms with Crippen LogP contribution in [0.25, 0.3) is 5.41 Å². The summed E-state index contributed by atoms with van der Waals surface area (Å²) in [6.07, 6.45) is 13.4. The predicted octanol–water partition coefficient (Wildman–Crippen LogP) is 13.5. The van der Waals surface area contributed by atoms with Gasteiger partial charge in [0, 0.05) is 73.1 Å². The summed E-state index contributed by atoms with van der Waals surface area (Å²) in [5.74, 6) is 4.58. The molecular formula is C49H62Br2N4O. The van der Waals surface area contributed by atoms with Crippen LogP contribution in [0.1, 0.15) is 132 Å². The highest BCUT2D eigenvalue weighted by atomic mass is 79.9. The molecule has 7 heteroatoms. The Balaban J connectivity index is 1.59. The largest absolute Gasteiger partial charge is 0.762 e. The number of nitrogens with zero attached hydrogens (tertiary/aromatic N) is 4. The number of hydrogen-bond acceptors (Lipinski definition) is 3. The van der Waals surface area contributed by atoms with Crippen LogP contribution in [0.15, 0.2) is 85.5 Å². The first-order valence-corrected chi connectivity index (χ1v) is 22.4. The first-order chi connectivity index (χ1) is 26.4. The monoisotopic (exact) mass is 880 g/mol. The van der Waals surface area contributed by atoms with Gasteiger partial charge in [-0.05, 0) is 85.9 Å². The number of hydrogen-bond donors (Lipinski definition) is 0. The summed E-state index contributed by atoms with van der Waals surface area (Å²) in [6.45, 7) is 24.3. The average molecular weight is 883 g/mol. The molecule has 0 saturated heterocycles. The lowest BCUT2D eigenvalue weighted by atomic mass is 9.73. The third-order valence-electron chi connectivity index (χ3n) is 12.4. The molecule has 1 aliphatic carbocycles. The summed E-state index contributed by atoms with van der Waals surface area (Å²) in [7, 11) is 0. The fraction of sp³-hybridized carbons (Fsp3) is 0.531. The minimum absolute atomic E-state index is 0.0222. The first-order valence-electron chi connectivity index (χ1n) is 20.9. The lowest BCUT2D eigenvalue weighted by molar-refractivity contribution is -0.439. The van der Waals surface area contributed by atoms with Gasteiger partial charge in [-0.15, -0.1) is 0 Å². The second-order valence-corrected chi connectivity index (χ2v) is 20.3. The van der Waals surface area contributed by atoms with Crippen molar-refractivity contribution in [3.63, 3.8) is 0 Å². The van der Waals surface area contributed by atoms with E-state index < -0.39 is 10.8 Å². The molecule has 0 amide bonds. The first kappa shape index (κ1) is 43.8. The number of Topliss-reactive ketones (excluding diaryl/α,β-unsaturated/α-hetero) is 1. The molecule has 0 fully saturated rings. The minimum atomic E-state index is -0.406. The van der Waals surface area contributed by atoms with Crippen molar-refractivity contribution >= 4 is 60.6 Å². The molecule has 2 aliphatic heterocycles.